The van der Waals surface area contributed by atoms with Gasteiger partial charge in [0.2, 0.25) is 11.8 Å². The first-order chi connectivity index (χ1) is 16.7. The SMILES string of the molecule is O=C1[C@H]2[C@H](C(=O)N1c1ccc(-c3nc(-c4ccccc4)c4ccccc4n3)cc1)[C@H]1C=C[C@H]2C1. The molecule has 1 aliphatic heterocycles. The van der Waals surface area contributed by atoms with Crippen molar-refractivity contribution in [3.05, 3.63) is 91.0 Å². The summed E-state index contributed by atoms with van der Waals surface area (Å²) in [6, 6.07) is 25.5. The van der Waals surface area contributed by atoms with E-state index < -0.39 is 0 Å². The van der Waals surface area contributed by atoms with Crippen LogP contribution in [0.5, 0.6) is 0 Å². The molecule has 164 valence electrons. The largest absolute Gasteiger partial charge is 0.274 e. The number of aromatic nitrogens is 2. The third kappa shape index (κ3) is 2.73. The van der Waals surface area contributed by atoms with Gasteiger partial charge in [-0.25, -0.2) is 9.97 Å². The van der Waals surface area contributed by atoms with E-state index in [4.69, 9.17) is 9.97 Å². The average Bonchev–Trinajstić information content (AvgIpc) is 3.57. The van der Waals surface area contributed by atoms with Crippen LogP contribution in [0.4, 0.5) is 5.69 Å². The number of hydrogen-bond donors (Lipinski definition) is 0. The summed E-state index contributed by atoms with van der Waals surface area (Å²) in [6.45, 7) is 0. The van der Waals surface area contributed by atoms with Gasteiger partial charge in [-0.1, -0.05) is 60.7 Å². The fourth-order valence-corrected chi connectivity index (χ4v) is 5.94. The van der Waals surface area contributed by atoms with Crippen LogP contribution in [-0.2, 0) is 9.59 Å². The van der Waals surface area contributed by atoms with Gasteiger partial charge in [0, 0.05) is 16.5 Å². The highest BCUT2D eigenvalue weighted by Gasteiger charge is 2.59. The molecule has 3 aromatic carbocycles. The van der Waals surface area contributed by atoms with Crippen LogP contribution in [0.3, 0.4) is 0 Å². The number of anilines is 1. The highest BCUT2D eigenvalue weighted by atomic mass is 16.2. The summed E-state index contributed by atoms with van der Waals surface area (Å²) in [5, 5.41) is 0.997. The number of nitrogens with zero attached hydrogens (tertiary/aromatic N) is 3. The molecule has 1 aromatic heterocycles. The fraction of sp³-hybridized carbons (Fsp3) is 0.172. The van der Waals surface area contributed by atoms with Crippen LogP contribution in [0.2, 0.25) is 0 Å². The van der Waals surface area contributed by atoms with Crippen LogP contribution in [-0.4, -0.2) is 21.8 Å². The Hall–Kier alpha value is -4.12. The first-order valence-corrected chi connectivity index (χ1v) is 11.7. The number of allylic oxidation sites excluding steroid dienone is 2. The highest BCUT2D eigenvalue weighted by Crippen LogP contribution is 2.53. The van der Waals surface area contributed by atoms with Crippen LogP contribution in [0.1, 0.15) is 6.42 Å². The second kappa shape index (κ2) is 7.19. The molecule has 2 amide bonds. The van der Waals surface area contributed by atoms with Gasteiger partial charge in [-0.15, -0.1) is 0 Å². The second-order valence-electron chi connectivity index (χ2n) is 9.34. The van der Waals surface area contributed by atoms with E-state index in [2.05, 4.69) is 12.2 Å². The predicted octanol–water partition coefficient (Wildman–Crippen LogP) is 5.28. The molecule has 5 heteroatoms. The van der Waals surface area contributed by atoms with Gasteiger partial charge in [0.05, 0.1) is 28.7 Å². The van der Waals surface area contributed by atoms with Crippen molar-refractivity contribution in [2.24, 2.45) is 23.7 Å². The standard InChI is InChI=1S/C29H21N3O2/c33-28-24-19-10-11-20(16-19)25(24)29(34)32(28)21-14-12-18(13-15-21)27-30-23-9-5-4-8-22(23)26(31-27)17-6-2-1-3-7-17/h1-15,19-20,24-25H,16H2/t19-,20-,24+,25+/m0/s1. The molecular formula is C29H21N3O2. The van der Waals surface area contributed by atoms with Gasteiger partial charge in [-0.3, -0.25) is 14.5 Å². The number of rotatable bonds is 3. The molecule has 0 radical (unpaired) electrons. The molecule has 4 atom stereocenters. The Morgan fingerprint density at radius 2 is 1.32 bits per heavy atom. The van der Waals surface area contributed by atoms with Crippen LogP contribution in [0, 0.1) is 23.7 Å². The summed E-state index contributed by atoms with van der Waals surface area (Å²) in [6.07, 6.45) is 5.17. The molecule has 0 N–H and O–H groups in total. The number of imide groups is 1. The van der Waals surface area contributed by atoms with Crippen LogP contribution >= 0.6 is 0 Å². The molecule has 7 rings (SSSR count). The van der Waals surface area contributed by atoms with Crippen molar-refractivity contribution in [2.45, 2.75) is 6.42 Å². The Kier molecular flexibility index (Phi) is 4.09. The molecule has 3 aliphatic rings. The number of fused-ring (bicyclic) bond motifs is 6. The molecule has 1 saturated carbocycles. The van der Waals surface area contributed by atoms with E-state index in [-0.39, 0.29) is 35.5 Å². The van der Waals surface area contributed by atoms with Crippen molar-refractivity contribution in [2.75, 3.05) is 4.90 Å². The van der Waals surface area contributed by atoms with E-state index in [0.717, 1.165) is 34.1 Å². The van der Waals surface area contributed by atoms with Crippen molar-refractivity contribution in [3.8, 4) is 22.6 Å². The Bertz CT molecular complexity index is 1460. The molecule has 2 heterocycles. The van der Waals surface area contributed by atoms with E-state index in [0.29, 0.717) is 11.5 Å². The normalized spacial score (nSPS) is 24.9. The van der Waals surface area contributed by atoms with E-state index in [9.17, 15) is 9.59 Å². The average molecular weight is 444 g/mol. The number of carbonyl (C=O) groups is 2. The molecule has 2 fully saturated rings. The summed E-state index contributed by atoms with van der Waals surface area (Å²) >= 11 is 0. The molecule has 0 spiro atoms. The summed E-state index contributed by atoms with van der Waals surface area (Å²) in [5.41, 5.74) is 4.24. The number of hydrogen-bond acceptors (Lipinski definition) is 4. The maximum Gasteiger partial charge on any atom is 0.238 e. The zero-order chi connectivity index (χ0) is 22.8. The van der Waals surface area contributed by atoms with Crippen molar-refractivity contribution in [1.82, 2.24) is 9.97 Å². The van der Waals surface area contributed by atoms with Gasteiger partial charge < -0.3 is 0 Å². The van der Waals surface area contributed by atoms with Crippen LogP contribution in [0.25, 0.3) is 33.5 Å². The van der Waals surface area contributed by atoms with Crippen LogP contribution < -0.4 is 4.90 Å². The molecule has 1 saturated heterocycles. The second-order valence-corrected chi connectivity index (χ2v) is 9.34. The van der Waals surface area contributed by atoms with Gasteiger partial charge in [0.15, 0.2) is 5.82 Å². The van der Waals surface area contributed by atoms with Crippen LogP contribution in [0.15, 0.2) is 91.0 Å². The molecule has 4 aromatic rings. The fourth-order valence-electron chi connectivity index (χ4n) is 5.94. The lowest BCUT2D eigenvalue weighted by molar-refractivity contribution is -0.123. The van der Waals surface area contributed by atoms with Gasteiger partial charge in [0.25, 0.3) is 0 Å². The van der Waals surface area contributed by atoms with Crippen molar-refractivity contribution >= 4 is 28.4 Å². The minimum absolute atomic E-state index is 0.0621. The molecule has 34 heavy (non-hydrogen) atoms. The van der Waals surface area contributed by atoms with Gasteiger partial charge in [-0.05, 0) is 48.6 Å². The summed E-state index contributed by atoms with van der Waals surface area (Å²) in [5.74, 6) is 0.512. The minimum atomic E-state index is -0.195. The van der Waals surface area contributed by atoms with Crippen molar-refractivity contribution in [3.63, 3.8) is 0 Å². The first kappa shape index (κ1) is 19.4. The van der Waals surface area contributed by atoms with Gasteiger partial charge >= 0.3 is 0 Å². The zero-order valence-corrected chi connectivity index (χ0v) is 18.3. The topological polar surface area (TPSA) is 63.2 Å². The van der Waals surface area contributed by atoms with E-state index >= 15 is 0 Å². The lowest BCUT2D eigenvalue weighted by atomic mass is 9.85. The van der Waals surface area contributed by atoms with E-state index in [1.54, 1.807) is 0 Å². The zero-order valence-electron chi connectivity index (χ0n) is 18.3. The molecular weight excluding hydrogens is 422 g/mol. The monoisotopic (exact) mass is 443 g/mol. The summed E-state index contributed by atoms with van der Waals surface area (Å²) in [4.78, 5) is 37.4. The van der Waals surface area contributed by atoms with Crippen molar-refractivity contribution in [1.29, 1.82) is 0 Å². The third-order valence-electron chi connectivity index (χ3n) is 7.50. The highest BCUT2D eigenvalue weighted by molar-refractivity contribution is 6.22. The smallest absolute Gasteiger partial charge is 0.238 e. The third-order valence-corrected chi connectivity index (χ3v) is 7.50. The number of benzene rings is 3. The predicted molar refractivity (Wildman–Crippen MR) is 131 cm³/mol. The number of para-hydroxylation sites is 1. The van der Waals surface area contributed by atoms with E-state index in [1.807, 2.05) is 78.9 Å². The minimum Gasteiger partial charge on any atom is -0.274 e. The summed E-state index contributed by atoms with van der Waals surface area (Å²) < 4.78 is 0. The Morgan fingerprint density at radius 3 is 2.03 bits per heavy atom. The Balaban J connectivity index is 1.27. The molecule has 2 aliphatic carbocycles. The van der Waals surface area contributed by atoms with E-state index in [1.165, 1.54) is 4.90 Å². The maximum absolute atomic E-state index is 13.1. The number of carbonyl (C=O) groups excluding carboxylic acids is 2. The van der Waals surface area contributed by atoms with Gasteiger partial charge in [-0.2, -0.15) is 0 Å². The van der Waals surface area contributed by atoms with Gasteiger partial charge in [0.1, 0.15) is 0 Å². The Labute approximate surface area is 196 Å². The molecule has 0 unspecified atom stereocenters. The first-order valence-electron chi connectivity index (χ1n) is 11.7. The summed E-state index contributed by atoms with van der Waals surface area (Å²) in [7, 11) is 0. The van der Waals surface area contributed by atoms with Crippen molar-refractivity contribution < 1.29 is 9.59 Å². The lowest BCUT2D eigenvalue weighted by Crippen LogP contribution is -2.32. The maximum atomic E-state index is 13.1. The Morgan fingerprint density at radius 1 is 0.676 bits per heavy atom. The lowest BCUT2D eigenvalue weighted by Gasteiger charge is -2.17. The number of amides is 2. The molecule has 5 nitrogen and oxygen atoms in total. The quantitative estimate of drug-likeness (QED) is 0.319. The molecule has 2 bridgehead atoms.